The third kappa shape index (κ3) is 4.05. The molecular formula is C21H18ClN5O2. The summed E-state index contributed by atoms with van der Waals surface area (Å²) in [6.45, 7) is 3.93. The highest BCUT2D eigenvalue weighted by atomic mass is 35.5. The van der Waals surface area contributed by atoms with Crippen molar-refractivity contribution in [1.29, 1.82) is 0 Å². The van der Waals surface area contributed by atoms with E-state index in [1.807, 2.05) is 50.2 Å². The van der Waals surface area contributed by atoms with Gasteiger partial charge in [0.25, 0.3) is 5.91 Å². The second kappa shape index (κ2) is 7.89. The van der Waals surface area contributed by atoms with Gasteiger partial charge in [0.05, 0.1) is 23.5 Å². The number of hydrogen-bond donors (Lipinski definition) is 1. The molecule has 146 valence electrons. The van der Waals surface area contributed by atoms with Crippen LogP contribution in [0, 0.1) is 13.8 Å². The average molecular weight is 408 g/mol. The van der Waals surface area contributed by atoms with Crippen molar-refractivity contribution in [1.82, 2.24) is 25.1 Å². The van der Waals surface area contributed by atoms with Crippen LogP contribution in [0.2, 0.25) is 5.02 Å². The molecule has 8 heteroatoms. The van der Waals surface area contributed by atoms with Crippen molar-refractivity contribution in [2.75, 3.05) is 0 Å². The number of oxazole rings is 1. The number of rotatable bonds is 5. The number of benzene rings is 1. The maximum absolute atomic E-state index is 12.6. The molecule has 1 aromatic carbocycles. The predicted octanol–water partition coefficient (Wildman–Crippen LogP) is 4.12. The molecule has 0 aliphatic heterocycles. The van der Waals surface area contributed by atoms with E-state index in [1.54, 1.807) is 23.0 Å². The van der Waals surface area contributed by atoms with E-state index in [0.29, 0.717) is 17.5 Å². The maximum Gasteiger partial charge on any atom is 0.271 e. The van der Waals surface area contributed by atoms with Crippen LogP contribution in [0.25, 0.3) is 17.1 Å². The van der Waals surface area contributed by atoms with Crippen molar-refractivity contribution in [2.45, 2.75) is 20.4 Å². The Labute approximate surface area is 172 Å². The minimum absolute atomic E-state index is 0.117. The van der Waals surface area contributed by atoms with Gasteiger partial charge < -0.3 is 9.73 Å². The van der Waals surface area contributed by atoms with E-state index < -0.39 is 5.91 Å². The lowest BCUT2D eigenvalue weighted by atomic mass is 10.2. The molecule has 4 rings (SSSR count). The van der Waals surface area contributed by atoms with Crippen LogP contribution in [0.3, 0.4) is 0 Å². The molecule has 0 fully saturated rings. The lowest BCUT2D eigenvalue weighted by Gasteiger charge is -2.08. The number of hydrogen-bond acceptors (Lipinski definition) is 5. The highest BCUT2D eigenvalue weighted by molar-refractivity contribution is 6.33. The molecule has 0 unspecified atom stereocenters. The Morgan fingerprint density at radius 3 is 2.69 bits per heavy atom. The molecule has 1 N–H and O–H groups in total. The first-order chi connectivity index (χ1) is 14.0. The second-order valence-electron chi connectivity index (χ2n) is 6.51. The molecule has 29 heavy (non-hydrogen) atoms. The fourth-order valence-corrected chi connectivity index (χ4v) is 3.13. The molecule has 0 atom stereocenters. The zero-order chi connectivity index (χ0) is 20.4. The smallest absolute Gasteiger partial charge is 0.271 e. The summed E-state index contributed by atoms with van der Waals surface area (Å²) in [5, 5.41) is 7.39. The van der Waals surface area contributed by atoms with E-state index in [-0.39, 0.29) is 17.3 Å². The van der Waals surface area contributed by atoms with E-state index in [2.05, 4.69) is 20.4 Å². The third-order valence-corrected chi connectivity index (χ3v) is 4.59. The molecule has 7 nitrogen and oxygen atoms in total. The number of aromatic nitrogens is 4. The van der Waals surface area contributed by atoms with Gasteiger partial charge in [0, 0.05) is 11.3 Å². The minimum atomic E-state index is -0.419. The minimum Gasteiger partial charge on any atom is -0.439 e. The molecule has 3 heterocycles. The van der Waals surface area contributed by atoms with Crippen LogP contribution in [0.15, 0.2) is 59.1 Å². The van der Waals surface area contributed by atoms with E-state index in [0.717, 1.165) is 17.0 Å². The lowest BCUT2D eigenvalue weighted by Crippen LogP contribution is -2.25. The van der Waals surface area contributed by atoms with Gasteiger partial charge >= 0.3 is 0 Å². The van der Waals surface area contributed by atoms with Gasteiger partial charge in [0.1, 0.15) is 5.69 Å². The molecule has 0 spiro atoms. The van der Waals surface area contributed by atoms with Gasteiger partial charge in [-0.25, -0.2) is 14.6 Å². The number of aryl methyl sites for hydroxylation is 2. The summed E-state index contributed by atoms with van der Waals surface area (Å²) >= 11 is 6.20. The molecule has 0 aliphatic carbocycles. The van der Waals surface area contributed by atoms with E-state index in [9.17, 15) is 4.79 Å². The number of nitrogens with zero attached hydrogens (tertiary/aromatic N) is 4. The van der Waals surface area contributed by atoms with Gasteiger partial charge in [0.15, 0.2) is 11.6 Å². The van der Waals surface area contributed by atoms with Gasteiger partial charge in [-0.1, -0.05) is 41.9 Å². The van der Waals surface area contributed by atoms with Crippen molar-refractivity contribution in [3.63, 3.8) is 0 Å². The van der Waals surface area contributed by atoms with Crippen molar-refractivity contribution < 1.29 is 9.21 Å². The summed E-state index contributed by atoms with van der Waals surface area (Å²) < 4.78 is 7.37. The van der Waals surface area contributed by atoms with Crippen molar-refractivity contribution in [3.8, 4) is 17.1 Å². The summed E-state index contributed by atoms with van der Waals surface area (Å²) in [5.41, 5.74) is 2.81. The van der Waals surface area contributed by atoms with Gasteiger partial charge in [-0.15, -0.1) is 0 Å². The van der Waals surface area contributed by atoms with Crippen molar-refractivity contribution in [3.05, 3.63) is 82.7 Å². The summed E-state index contributed by atoms with van der Waals surface area (Å²) in [5.74, 6) is 1.13. The number of nitrogens with one attached hydrogen (secondary N) is 1. The first-order valence-corrected chi connectivity index (χ1v) is 9.37. The quantitative estimate of drug-likeness (QED) is 0.537. The molecule has 0 aliphatic rings. The molecule has 0 saturated heterocycles. The summed E-state index contributed by atoms with van der Waals surface area (Å²) in [4.78, 5) is 21.2. The summed E-state index contributed by atoms with van der Waals surface area (Å²) in [6, 6.07) is 14.9. The van der Waals surface area contributed by atoms with Gasteiger partial charge in [-0.3, -0.25) is 4.79 Å². The van der Waals surface area contributed by atoms with E-state index in [4.69, 9.17) is 16.0 Å². The van der Waals surface area contributed by atoms with Crippen LogP contribution in [-0.2, 0) is 6.54 Å². The average Bonchev–Trinajstić information content (AvgIpc) is 3.33. The maximum atomic E-state index is 12.6. The molecule has 4 aromatic rings. The van der Waals surface area contributed by atoms with Crippen LogP contribution < -0.4 is 5.32 Å². The monoisotopic (exact) mass is 407 g/mol. The van der Waals surface area contributed by atoms with Crippen LogP contribution >= 0.6 is 11.6 Å². The molecule has 3 aromatic heterocycles. The largest absolute Gasteiger partial charge is 0.439 e. The Bertz CT molecular complexity index is 1170. The number of carbonyl (C=O) groups is 1. The van der Waals surface area contributed by atoms with E-state index in [1.165, 1.54) is 0 Å². The van der Waals surface area contributed by atoms with Crippen LogP contribution in [0.1, 0.15) is 27.8 Å². The molecular weight excluding hydrogens is 390 g/mol. The normalized spacial score (nSPS) is 10.9. The Morgan fingerprint density at radius 1 is 1.17 bits per heavy atom. The zero-order valence-corrected chi connectivity index (χ0v) is 16.6. The fraction of sp³-hybridized carbons (Fsp3) is 0.143. The van der Waals surface area contributed by atoms with Gasteiger partial charge in [-0.2, -0.15) is 5.10 Å². The van der Waals surface area contributed by atoms with Crippen LogP contribution in [0.5, 0.6) is 0 Å². The molecule has 0 saturated carbocycles. The molecule has 1 amide bonds. The molecule has 0 bridgehead atoms. The van der Waals surface area contributed by atoms with Gasteiger partial charge in [-0.05, 0) is 32.0 Å². The highest BCUT2D eigenvalue weighted by Gasteiger charge is 2.16. The molecule has 0 radical (unpaired) electrons. The van der Waals surface area contributed by atoms with Gasteiger partial charge in [0.2, 0.25) is 5.89 Å². The first-order valence-electron chi connectivity index (χ1n) is 9.00. The fourth-order valence-electron chi connectivity index (χ4n) is 2.94. The lowest BCUT2D eigenvalue weighted by molar-refractivity contribution is 0.0942. The number of halogens is 1. The third-order valence-electron chi connectivity index (χ3n) is 4.29. The second-order valence-corrected chi connectivity index (χ2v) is 6.91. The number of pyridine rings is 1. The van der Waals surface area contributed by atoms with Crippen molar-refractivity contribution in [2.24, 2.45) is 0 Å². The Morgan fingerprint density at radius 2 is 1.97 bits per heavy atom. The standard InChI is InChI=1S/C21H18ClN5O2/c1-13-10-14(2)27(26-13)18-9-8-16(22)20(25-18)21(28)24-12-19-23-11-17(29-19)15-6-4-3-5-7-15/h3-11H,12H2,1-2H3,(H,24,28). The zero-order valence-electron chi connectivity index (χ0n) is 15.9. The summed E-state index contributed by atoms with van der Waals surface area (Å²) in [7, 11) is 0. The van der Waals surface area contributed by atoms with E-state index >= 15 is 0 Å². The topological polar surface area (TPSA) is 85.8 Å². The Kier molecular flexibility index (Phi) is 5.14. The first kappa shape index (κ1) is 18.9. The Balaban J connectivity index is 1.50. The SMILES string of the molecule is Cc1cc(C)n(-c2ccc(Cl)c(C(=O)NCc3ncc(-c4ccccc4)o3)n2)n1. The highest BCUT2D eigenvalue weighted by Crippen LogP contribution is 2.20. The predicted molar refractivity (Wildman–Crippen MR) is 109 cm³/mol. The number of amides is 1. The number of carbonyl (C=O) groups excluding carboxylic acids is 1. The Hall–Kier alpha value is -3.45. The van der Waals surface area contributed by atoms with Crippen LogP contribution in [0.4, 0.5) is 0 Å². The summed E-state index contributed by atoms with van der Waals surface area (Å²) in [6.07, 6.45) is 1.63. The van der Waals surface area contributed by atoms with Crippen LogP contribution in [-0.4, -0.2) is 25.7 Å². The van der Waals surface area contributed by atoms with Crippen molar-refractivity contribution >= 4 is 17.5 Å².